The molecule has 1 fully saturated rings. The zero-order valence-electron chi connectivity index (χ0n) is 17.2. The largest absolute Gasteiger partial charge is 0.379 e. The number of benzene rings is 2. The monoisotopic (exact) mass is 440 g/mol. The number of amides is 1. The number of carbonyl (C=O) groups excluding carboxylic acids is 1. The Morgan fingerprint density at radius 3 is 2.53 bits per heavy atom. The first-order chi connectivity index (χ1) is 14.5. The van der Waals surface area contributed by atoms with Crippen LogP contribution in [0.15, 0.2) is 54.6 Å². The van der Waals surface area contributed by atoms with Gasteiger partial charge in [-0.2, -0.15) is 0 Å². The third-order valence-corrected chi connectivity index (χ3v) is 6.92. The number of nitrogens with zero attached hydrogens (tertiary/aromatic N) is 1. The van der Waals surface area contributed by atoms with E-state index in [1.54, 1.807) is 11.3 Å². The Hall–Kier alpha value is -2.18. The van der Waals surface area contributed by atoms with E-state index in [0.717, 1.165) is 29.2 Å². The first-order valence-electron chi connectivity index (χ1n) is 10.1. The molecule has 1 aliphatic heterocycles. The molecule has 1 aliphatic rings. The number of nitrogens with one attached hydrogen (secondary N) is 1. The number of carbonyl (C=O) groups is 1. The Kier molecular flexibility index (Phi) is 6.54. The van der Waals surface area contributed by atoms with Gasteiger partial charge in [0.05, 0.1) is 19.3 Å². The van der Waals surface area contributed by atoms with E-state index in [1.165, 1.54) is 10.4 Å². The summed E-state index contributed by atoms with van der Waals surface area (Å²) >= 11 is 7.99. The van der Waals surface area contributed by atoms with Crippen molar-refractivity contribution in [2.75, 3.05) is 31.6 Å². The number of anilines is 1. The summed E-state index contributed by atoms with van der Waals surface area (Å²) in [6, 6.07) is 17.4. The molecule has 1 saturated heterocycles. The standard InChI is InChI=1S/C24H25ClN2O2S/c1-16-17(2)30-24(26-23(28)18-7-4-3-5-8-18)21(16)22(27-11-13-29-14-12-27)19-9-6-10-20(25)15-19/h3-10,15,22H,11-14H2,1-2H3,(H,26,28). The number of thiophene rings is 1. The maximum Gasteiger partial charge on any atom is 0.256 e. The number of hydrogen-bond acceptors (Lipinski definition) is 4. The zero-order chi connectivity index (χ0) is 21.1. The number of aryl methyl sites for hydroxylation is 1. The fourth-order valence-electron chi connectivity index (χ4n) is 3.90. The lowest BCUT2D eigenvalue weighted by molar-refractivity contribution is 0.0240. The summed E-state index contributed by atoms with van der Waals surface area (Å²) in [4.78, 5) is 16.5. The quantitative estimate of drug-likeness (QED) is 0.553. The van der Waals surface area contributed by atoms with Gasteiger partial charge in [0.2, 0.25) is 0 Å². The minimum absolute atomic E-state index is 0.00335. The molecule has 4 rings (SSSR count). The van der Waals surface area contributed by atoms with Gasteiger partial charge in [0.1, 0.15) is 5.00 Å². The van der Waals surface area contributed by atoms with E-state index in [2.05, 4.69) is 30.1 Å². The number of halogens is 1. The van der Waals surface area contributed by atoms with Crippen molar-refractivity contribution in [3.05, 3.63) is 86.8 Å². The second-order valence-electron chi connectivity index (χ2n) is 7.45. The molecule has 0 bridgehead atoms. The molecule has 1 atom stereocenters. The molecule has 1 N–H and O–H groups in total. The number of morpholine rings is 1. The summed E-state index contributed by atoms with van der Waals surface area (Å²) in [6.07, 6.45) is 0. The minimum atomic E-state index is -0.0927. The molecule has 1 aromatic heterocycles. The molecule has 3 aromatic rings. The van der Waals surface area contributed by atoms with E-state index < -0.39 is 0 Å². The molecule has 0 saturated carbocycles. The Bertz CT molecular complexity index is 1030. The van der Waals surface area contributed by atoms with Gasteiger partial charge < -0.3 is 10.1 Å². The van der Waals surface area contributed by atoms with Gasteiger partial charge in [-0.1, -0.05) is 41.9 Å². The molecule has 6 heteroatoms. The second kappa shape index (κ2) is 9.31. The van der Waals surface area contributed by atoms with Crippen LogP contribution >= 0.6 is 22.9 Å². The fraction of sp³-hybridized carbons (Fsp3) is 0.292. The normalized spacial score (nSPS) is 15.7. The predicted octanol–water partition coefficient (Wildman–Crippen LogP) is 5.69. The van der Waals surface area contributed by atoms with Crippen LogP contribution in [-0.2, 0) is 4.74 Å². The molecule has 4 nitrogen and oxygen atoms in total. The van der Waals surface area contributed by atoms with Crippen LogP contribution in [0.3, 0.4) is 0 Å². The molecule has 1 unspecified atom stereocenters. The average Bonchev–Trinajstić information content (AvgIpc) is 3.03. The first-order valence-corrected chi connectivity index (χ1v) is 11.3. The van der Waals surface area contributed by atoms with Crippen LogP contribution in [0.1, 0.15) is 38.0 Å². The van der Waals surface area contributed by atoms with E-state index in [4.69, 9.17) is 16.3 Å². The zero-order valence-corrected chi connectivity index (χ0v) is 18.7. The highest BCUT2D eigenvalue weighted by Crippen LogP contribution is 2.43. The summed E-state index contributed by atoms with van der Waals surface area (Å²) in [5.41, 5.74) is 4.13. The topological polar surface area (TPSA) is 41.6 Å². The van der Waals surface area contributed by atoms with E-state index >= 15 is 0 Å². The summed E-state index contributed by atoms with van der Waals surface area (Å²) in [5.74, 6) is -0.0927. The van der Waals surface area contributed by atoms with Crippen molar-refractivity contribution in [3.8, 4) is 0 Å². The van der Waals surface area contributed by atoms with Crippen molar-refractivity contribution in [2.45, 2.75) is 19.9 Å². The molecule has 2 aromatic carbocycles. The van der Waals surface area contributed by atoms with E-state index in [9.17, 15) is 4.79 Å². The van der Waals surface area contributed by atoms with E-state index in [-0.39, 0.29) is 11.9 Å². The number of ether oxygens (including phenoxy) is 1. The second-order valence-corrected chi connectivity index (χ2v) is 9.11. The number of rotatable bonds is 5. The lowest BCUT2D eigenvalue weighted by atomic mass is 9.94. The van der Waals surface area contributed by atoms with Crippen molar-refractivity contribution >= 4 is 33.8 Å². The van der Waals surface area contributed by atoms with E-state index in [1.807, 2.05) is 48.5 Å². The Labute approximate surface area is 186 Å². The third kappa shape index (κ3) is 4.44. The lowest BCUT2D eigenvalue weighted by Gasteiger charge is -2.35. The molecule has 156 valence electrons. The molecule has 0 radical (unpaired) electrons. The Morgan fingerprint density at radius 1 is 1.10 bits per heavy atom. The molecule has 1 amide bonds. The highest BCUT2D eigenvalue weighted by Gasteiger charge is 2.30. The van der Waals surface area contributed by atoms with Crippen molar-refractivity contribution in [1.82, 2.24) is 4.90 Å². The van der Waals surface area contributed by atoms with Gasteiger partial charge in [0.25, 0.3) is 5.91 Å². The fourth-order valence-corrected chi connectivity index (χ4v) is 5.19. The van der Waals surface area contributed by atoms with Crippen molar-refractivity contribution in [3.63, 3.8) is 0 Å². The molecular formula is C24H25ClN2O2S. The highest BCUT2D eigenvalue weighted by atomic mass is 35.5. The SMILES string of the molecule is Cc1sc(NC(=O)c2ccccc2)c(C(c2cccc(Cl)c2)N2CCOCC2)c1C. The van der Waals surface area contributed by atoms with Crippen LogP contribution in [0.25, 0.3) is 0 Å². The predicted molar refractivity (Wildman–Crippen MR) is 124 cm³/mol. The Morgan fingerprint density at radius 2 is 1.83 bits per heavy atom. The van der Waals surface area contributed by atoms with Crippen LogP contribution in [0.4, 0.5) is 5.00 Å². The molecule has 2 heterocycles. The van der Waals surface area contributed by atoms with Gasteiger partial charge in [-0.25, -0.2) is 0 Å². The van der Waals surface area contributed by atoms with E-state index in [0.29, 0.717) is 23.8 Å². The van der Waals surface area contributed by atoms with Crippen molar-refractivity contribution in [1.29, 1.82) is 0 Å². The van der Waals surface area contributed by atoms with Gasteiger partial charge in [0, 0.05) is 34.1 Å². The highest BCUT2D eigenvalue weighted by molar-refractivity contribution is 7.16. The maximum absolute atomic E-state index is 12.9. The summed E-state index contributed by atoms with van der Waals surface area (Å²) in [6.45, 7) is 7.30. The smallest absolute Gasteiger partial charge is 0.256 e. The summed E-state index contributed by atoms with van der Waals surface area (Å²) in [7, 11) is 0. The van der Waals surface area contributed by atoms with Gasteiger partial charge in [-0.05, 0) is 49.2 Å². The van der Waals surface area contributed by atoms with Gasteiger partial charge >= 0.3 is 0 Å². The Balaban J connectivity index is 1.77. The van der Waals surface area contributed by atoms with Crippen molar-refractivity contribution in [2.24, 2.45) is 0 Å². The van der Waals surface area contributed by atoms with Crippen LogP contribution in [0.2, 0.25) is 5.02 Å². The van der Waals surface area contributed by atoms with Crippen LogP contribution < -0.4 is 5.32 Å². The molecular weight excluding hydrogens is 416 g/mol. The number of hydrogen-bond donors (Lipinski definition) is 1. The summed E-state index contributed by atoms with van der Waals surface area (Å²) < 4.78 is 5.60. The van der Waals surface area contributed by atoms with Crippen LogP contribution in [0, 0.1) is 13.8 Å². The summed E-state index contributed by atoms with van der Waals surface area (Å²) in [5, 5.41) is 4.79. The van der Waals surface area contributed by atoms with Crippen LogP contribution in [0.5, 0.6) is 0 Å². The first kappa shape index (κ1) is 21.1. The molecule has 0 spiro atoms. The van der Waals surface area contributed by atoms with Crippen molar-refractivity contribution < 1.29 is 9.53 Å². The lowest BCUT2D eigenvalue weighted by Crippen LogP contribution is -2.40. The average molecular weight is 441 g/mol. The van der Waals surface area contributed by atoms with Gasteiger partial charge in [-0.3, -0.25) is 9.69 Å². The minimum Gasteiger partial charge on any atom is -0.379 e. The molecule has 30 heavy (non-hydrogen) atoms. The third-order valence-electron chi connectivity index (χ3n) is 5.54. The van der Waals surface area contributed by atoms with Gasteiger partial charge in [0.15, 0.2) is 0 Å². The van der Waals surface area contributed by atoms with Gasteiger partial charge in [-0.15, -0.1) is 11.3 Å². The maximum atomic E-state index is 12.9. The molecule has 0 aliphatic carbocycles. The van der Waals surface area contributed by atoms with Crippen LogP contribution in [-0.4, -0.2) is 37.1 Å².